The molecular formula is C13H18O7. The highest BCUT2D eigenvalue weighted by molar-refractivity contribution is 5.42. The molecule has 0 amide bonds. The Bertz CT molecular complexity index is 462. The quantitative estimate of drug-likeness (QED) is 0.477. The second-order valence-corrected chi connectivity index (χ2v) is 4.72. The molecule has 1 aromatic rings. The van der Waals surface area contributed by atoms with Crippen LogP contribution in [0.5, 0.6) is 11.5 Å². The molecule has 1 fully saturated rings. The zero-order valence-electron chi connectivity index (χ0n) is 10.9. The maximum atomic E-state index is 9.84. The Balaban J connectivity index is 2.17. The SMILES string of the molecule is Cc1c(O)cccc1O[C@@H]1O[C@H](CO)[C@@H](O)[C@H](O)[C@H]1O. The van der Waals surface area contributed by atoms with Crippen molar-refractivity contribution < 1.29 is 35.0 Å². The summed E-state index contributed by atoms with van der Waals surface area (Å²) in [6.45, 7) is 1.10. The molecule has 0 spiro atoms. The summed E-state index contributed by atoms with van der Waals surface area (Å²) >= 11 is 0. The van der Waals surface area contributed by atoms with E-state index in [1.807, 2.05) is 0 Å². The Morgan fingerprint density at radius 3 is 2.50 bits per heavy atom. The molecular weight excluding hydrogens is 268 g/mol. The number of phenolic OH excluding ortho intramolecular Hbond substituents is 1. The van der Waals surface area contributed by atoms with Crippen molar-refractivity contribution in [1.29, 1.82) is 0 Å². The van der Waals surface area contributed by atoms with Crippen LogP contribution in [0.25, 0.3) is 0 Å². The minimum Gasteiger partial charge on any atom is -0.508 e. The van der Waals surface area contributed by atoms with Crippen LogP contribution in [-0.2, 0) is 4.74 Å². The summed E-state index contributed by atoms with van der Waals surface area (Å²) in [6, 6.07) is 4.60. The predicted octanol–water partition coefficient (Wildman–Crippen LogP) is -1.12. The summed E-state index contributed by atoms with van der Waals surface area (Å²) in [5.41, 5.74) is 0.449. The van der Waals surface area contributed by atoms with E-state index in [2.05, 4.69) is 0 Å². The number of benzene rings is 1. The molecule has 1 aromatic carbocycles. The first-order chi connectivity index (χ1) is 9.45. The van der Waals surface area contributed by atoms with Gasteiger partial charge >= 0.3 is 0 Å². The average Bonchev–Trinajstić information content (AvgIpc) is 2.44. The lowest BCUT2D eigenvalue weighted by Crippen LogP contribution is -2.60. The van der Waals surface area contributed by atoms with E-state index >= 15 is 0 Å². The van der Waals surface area contributed by atoms with E-state index in [0.717, 1.165) is 0 Å². The molecule has 1 heterocycles. The smallest absolute Gasteiger partial charge is 0.229 e. The van der Waals surface area contributed by atoms with Crippen LogP contribution in [-0.4, -0.2) is 62.8 Å². The van der Waals surface area contributed by atoms with Crippen molar-refractivity contribution in [3.8, 4) is 11.5 Å². The molecule has 1 aliphatic heterocycles. The van der Waals surface area contributed by atoms with E-state index in [9.17, 15) is 20.4 Å². The van der Waals surface area contributed by atoms with E-state index in [1.54, 1.807) is 19.1 Å². The highest BCUT2D eigenvalue weighted by Gasteiger charge is 2.44. The van der Waals surface area contributed by atoms with E-state index in [1.165, 1.54) is 6.07 Å². The van der Waals surface area contributed by atoms with Crippen LogP contribution in [0.2, 0.25) is 0 Å². The highest BCUT2D eigenvalue weighted by atomic mass is 16.7. The van der Waals surface area contributed by atoms with Gasteiger partial charge in [0.15, 0.2) is 0 Å². The van der Waals surface area contributed by atoms with E-state index in [4.69, 9.17) is 14.6 Å². The van der Waals surface area contributed by atoms with Gasteiger partial charge in [0.05, 0.1) is 6.61 Å². The number of aromatic hydroxyl groups is 1. The first-order valence-electron chi connectivity index (χ1n) is 6.21. The van der Waals surface area contributed by atoms with Crippen molar-refractivity contribution in [3.05, 3.63) is 23.8 Å². The Morgan fingerprint density at radius 1 is 1.15 bits per heavy atom. The van der Waals surface area contributed by atoms with Crippen molar-refractivity contribution in [3.63, 3.8) is 0 Å². The molecule has 5 N–H and O–H groups in total. The van der Waals surface area contributed by atoms with Crippen LogP contribution in [0, 0.1) is 6.92 Å². The van der Waals surface area contributed by atoms with Gasteiger partial charge in [0.2, 0.25) is 6.29 Å². The predicted molar refractivity (Wildman–Crippen MR) is 67.2 cm³/mol. The van der Waals surface area contributed by atoms with Crippen LogP contribution in [0.15, 0.2) is 18.2 Å². The van der Waals surface area contributed by atoms with Gasteiger partial charge < -0.3 is 35.0 Å². The molecule has 7 nitrogen and oxygen atoms in total. The number of hydrogen-bond acceptors (Lipinski definition) is 7. The molecule has 2 rings (SSSR count). The Hall–Kier alpha value is -1.38. The van der Waals surface area contributed by atoms with Crippen molar-refractivity contribution in [2.75, 3.05) is 6.61 Å². The van der Waals surface area contributed by atoms with Crippen LogP contribution in [0.3, 0.4) is 0 Å². The van der Waals surface area contributed by atoms with Crippen LogP contribution in [0.4, 0.5) is 0 Å². The monoisotopic (exact) mass is 286 g/mol. The maximum absolute atomic E-state index is 9.84. The molecule has 0 unspecified atom stereocenters. The maximum Gasteiger partial charge on any atom is 0.229 e. The molecule has 1 aliphatic rings. The van der Waals surface area contributed by atoms with Crippen LogP contribution >= 0.6 is 0 Å². The van der Waals surface area contributed by atoms with Crippen molar-refractivity contribution in [2.45, 2.75) is 37.6 Å². The standard InChI is InChI=1S/C13H18O7/c1-6-7(15)3-2-4-8(6)19-13-12(18)11(17)10(16)9(5-14)20-13/h2-4,9-18H,5H2,1H3/t9-,10-,11+,12-,13-/m1/s1. The zero-order valence-corrected chi connectivity index (χ0v) is 10.9. The third kappa shape index (κ3) is 2.72. The number of ether oxygens (including phenoxy) is 2. The lowest BCUT2D eigenvalue weighted by Gasteiger charge is -2.39. The lowest BCUT2D eigenvalue weighted by molar-refractivity contribution is -0.277. The number of aliphatic hydroxyl groups excluding tert-OH is 4. The van der Waals surface area contributed by atoms with Crippen molar-refractivity contribution in [1.82, 2.24) is 0 Å². The van der Waals surface area contributed by atoms with Gasteiger partial charge in [0.1, 0.15) is 35.9 Å². The van der Waals surface area contributed by atoms with Gasteiger partial charge in [-0.15, -0.1) is 0 Å². The van der Waals surface area contributed by atoms with E-state index in [0.29, 0.717) is 5.56 Å². The van der Waals surface area contributed by atoms with Crippen LogP contribution in [0.1, 0.15) is 5.56 Å². The fraction of sp³-hybridized carbons (Fsp3) is 0.538. The topological polar surface area (TPSA) is 120 Å². The third-order valence-corrected chi connectivity index (χ3v) is 3.35. The van der Waals surface area contributed by atoms with Gasteiger partial charge in [-0.05, 0) is 19.1 Å². The fourth-order valence-electron chi connectivity index (χ4n) is 2.02. The summed E-state index contributed by atoms with van der Waals surface area (Å²) in [6.07, 6.45) is -6.69. The number of rotatable bonds is 3. The Labute approximate surface area is 115 Å². The molecule has 7 heteroatoms. The van der Waals surface area contributed by atoms with Gasteiger partial charge in [-0.3, -0.25) is 0 Å². The fourth-order valence-corrected chi connectivity index (χ4v) is 2.02. The summed E-state index contributed by atoms with van der Waals surface area (Å²) in [4.78, 5) is 0. The van der Waals surface area contributed by atoms with Crippen molar-refractivity contribution in [2.24, 2.45) is 0 Å². The summed E-state index contributed by atoms with van der Waals surface area (Å²) in [7, 11) is 0. The molecule has 0 radical (unpaired) electrons. The largest absolute Gasteiger partial charge is 0.508 e. The van der Waals surface area contributed by atoms with Crippen LogP contribution < -0.4 is 4.74 Å². The van der Waals surface area contributed by atoms with Gasteiger partial charge in [-0.2, -0.15) is 0 Å². The number of hydrogen-bond donors (Lipinski definition) is 5. The second kappa shape index (κ2) is 5.94. The molecule has 0 saturated carbocycles. The Morgan fingerprint density at radius 2 is 1.85 bits per heavy atom. The second-order valence-electron chi connectivity index (χ2n) is 4.72. The van der Waals surface area contributed by atoms with Gasteiger partial charge in [-0.1, -0.05) is 6.07 Å². The van der Waals surface area contributed by atoms with Gasteiger partial charge in [0, 0.05) is 5.56 Å². The molecule has 112 valence electrons. The Kier molecular flexibility index (Phi) is 4.46. The molecule has 0 aliphatic carbocycles. The molecule has 1 saturated heterocycles. The summed E-state index contributed by atoms with van der Waals surface area (Å²) in [5.74, 6) is 0.293. The summed E-state index contributed by atoms with van der Waals surface area (Å²) in [5, 5.41) is 47.8. The van der Waals surface area contributed by atoms with E-state index < -0.39 is 37.3 Å². The number of phenols is 1. The minimum atomic E-state index is -1.50. The lowest BCUT2D eigenvalue weighted by atomic mass is 9.99. The minimum absolute atomic E-state index is 0.0205. The first-order valence-corrected chi connectivity index (χ1v) is 6.21. The first kappa shape index (κ1) is 15.0. The molecule has 0 bridgehead atoms. The highest BCUT2D eigenvalue weighted by Crippen LogP contribution is 2.30. The van der Waals surface area contributed by atoms with Crippen molar-refractivity contribution >= 4 is 0 Å². The molecule has 20 heavy (non-hydrogen) atoms. The molecule has 5 atom stereocenters. The zero-order chi connectivity index (χ0) is 14.9. The summed E-state index contributed by atoms with van der Waals surface area (Å²) < 4.78 is 10.6. The van der Waals surface area contributed by atoms with E-state index in [-0.39, 0.29) is 11.5 Å². The van der Waals surface area contributed by atoms with Gasteiger partial charge in [-0.25, -0.2) is 0 Å². The number of aliphatic hydroxyl groups is 4. The normalized spacial score (nSPS) is 34.0. The van der Waals surface area contributed by atoms with Gasteiger partial charge in [0.25, 0.3) is 0 Å². The molecule has 0 aromatic heterocycles. The third-order valence-electron chi connectivity index (χ3n) is 3.35. The average molecular weight is 286 g/mol.